The number of fused-ring (bicyclic) bond motifs is 1. The van der Waals surface area contributed by atoms with Crippen molar-refractivity contribution in [2.24, 2.45) is 0 Å². The molecule has 3 aromatic rings. The first-order valence-corrected chi connectivity index (χ1v) is 6.40. The third-order valence-electron chi connectivity index (χ3n) is 3.20. The second kappa shape index (κ2) is 6.96. The summed E-state index contributed by atoms with van der Waals surface area (Å²) in [4.78, 5) is 15.1. The van der Waals surface area contributed by atoms with Gasteiger partial charge in [0, 0.05) is 17.8 Å². The number of methoxy groups -OCH3 is 1. The maximum absolute atomic E-state index is 11.0. The van der Waals surface area contributed by atoms with Crippen molar-refractivity contribution in [2.75, 3.05) is 7.11 Å². The number of pyridine rings is 1. The van der Waals surface area contributed by atoms with E-state index in [-0.39, 0.29) is 36.7 Å². The van der Waals surface area contributed by atoms with Crippen molar-refractivity contribution in [3.8, 4) is 5.75 Å². The number of carbonyl (C=O) groups is 1. The fourth-order valence-corrected chi connectivity index (χ4v) is 2.28. The van der Waals surface area contributed by atoms with Gasteiger partial charge in [0.25, 0.3) is 0 Å². The van der Waals surface area contributed by atoms with E-state index in [1.165, 1.54) is 13.2 Å². The minimum atomic E-state index is -1.10. The molecule has 1 N–H and O–H groups in total. The fourth-order valence-electron chi connectivity index (χ4n) is 2.28. The number of hydrogen-bond donors (Lipinski definition) is 1. The molecule has 0 aliphatic carbocycles. The quantitative estimate of drug-likeness (QED) is 0.699. The van der Waals surface area contributed by atoms with Crippen LogP contribution in [0.5, 0.6) is 5.75 Å². The minimum absolute atomic E-state index is 0. The summed E-state index contributed by atoms with van der Waals surface area (Å²) in [6, 6.07) is 9.13. The number of carboxylic acids is 1. The number of furan rings is 1. The number of benzene rings is 1. The molecule has 0 aliphatic heterocycles. The Hall–Kier alpha value is -1.82. The first kappa shape index (κ1) is 16.5. The van der Waals surface area contributed by atoms with E-state index in [2.05, 4.69) is 4.98 Å². The van der Waals surface area contributed by atoms with Gasteiger partial charge in [-0.3, -0.25) is 4.98 Å². The van der Waals surface area contributed by atoms with Crippen molar-refractivity contribution < 1.29 is 50.0 Å². The van der Waals surface area contributed by atoms with Gasteiger partial charge in [-0.15, -0.1) is 0 Å². The Morgan fingerprint density at radius 3 is 2.82 bits per heavy atom. The van der Waals surface area contributed by atoms with Crippen molar-refractivity contribution in [2.45, 2.75) is 6.42 Å². The SMILES string of the molecule is COc1cc(Cc2cccnc2)cc2cc(C(=O)O)oc12.[H-].[Na+]. The van der Waals surface area contributed by atoms with E-state index in [0.29, 0.717) is 23.1 Å². The largest absolute Gasteiger partial charge is 1.00 e. The number of aromatic carboxylic acids is 1. The molecule has 0 saturated carbocycles. The summed E-state index contributed by atoms with van der Waals surface area (Å²) in [7, 11) is 1.53. The molecule has 22 heavy (non-hydrogen) atoms. The van der Waals surface area contributed by atoms with E-state index in [9.17, 15) is 4.79 Å². The molecule has 5 nitrogen and oxygen atoms in total. The number of carboxylic acid groups (broad SMARTS) is 1. The van der Waals surface area contributed by atoms with Gasteiger partial charge in [-0.25, -0.2) is 4.79 Å². The van der Waals surface area contributed by atoms with Crippen LogP contribution in [0, 0.1) is 0 Å². The minimum Gasteiger partial charge on any atom is -1.00 e. The van der Waals surface area contributed by atoms with E-state index >= 15 is 0 Å². The van der Waals surface area contributed by atoms with Crippen LogP contribution >= 0.6 is 0 Å². The van der Waals surface area contributed by atoms with Crippen molar-refractivity contribution in [1.29, 1.82) is 0 Å². The predicted molar refractivity (Wildman–Crippen MR) is 77.9 cm³/mol. The summed E-state index contributed by atoms with van der Waals surface area (Å²) in [6.07, 6.45) is 4.21. The molecular weight excluding hydrogens is 293 g/mol. The number of nitrogens with zero attached hydrogens (tertiary/aromatic N) is 1. The smallest absolute Gasteiger partial charge is 1.00 e. The average molecular weight is 307 g/mol. The Morgan fingerprint density at radius 2 is 2.18 bits per heavy atom. The van der Waals surface area contributed by atoms with Gasteiger partial charge < -0.3 is 15.7 Å². The van der Waals surface area contributed by atoms with Crippen LogP contribution in [0.25, 0.3) is 11.0 Å². The van der Waals surface area contributed by atoms with Crippen LogP contribution < -0.4 is 34.3 Å². The van der Waals surface area contributed by atoms with Gasteiger partial charge in [0.1, 0.15) is 0 Å². The third-order valence-corrected chi connectivity index (χ3v) is 3.20. The zero-order valence-electron chi connectivity index (χ0n) is 13.4. The Kier molecular flexibility index (Phi) is 5.24. The molecule has 108 valence electrons. The van der Waals surface area contributed by atoms with Gasteiger partial charge in [-0.2, -0.15) is 0 Å². The maximum Gasteiger partial charge on any atom is 1.00 e. The summed E-state index contributed by atoms with van der Waals surface area (Å²) in [5.41, 5.74) is 2.52. The molecular formula is C16H14NNaO4. The van der Waals surface area contributed by atoms with Gasteiger partial charge >= 0.3 is 35.5 Å². The van der Waals surface area contributed by atoms with Crippen LogP contribution in [-0.4, -0.2) is 23.2 Å². The van der Waals surface area contributed by atoms with E-state index in [1.54, 1.807) is 12.4 Å². The molecule has 0 unspecified atom stereocenters. The topological polar surface area (TPSA) is 72.6 Å². The molecule has 0 radical (unpaired) electrons. The zero-order valence-corrected chi connectivity index (χ0v) is 14.4. The second-order valence-corrected chi connectivity index (χ2v) is 4.67. The summed E-state index contributed by atoms with van der Waals surface area (Å²) in [6.45, 7) is 0. The van der Waals surface area contributed by atoms with E-state index in [1.807, 2.05) is 24.3 Å². The molecule has 0 saturated heterocycles. The molecule has 2 aromatic heterocycles. The first-order chi connectivity index (χ1) is 10.2. The molecule has 0 spiro atoms. The van der Waals surface area contributed by atoms with E-state index < -0.39 is 5.97 Å². The van der Waals surface area contributed by atoms with Crippen LogP contribution in [0.4, 0.5) is 0 Å². The Balaban J connectivity index is 0.00000132. The Morgan fingerprint density at radius 1 is 1.36 bits per heavy atom. The fraction of sp³-hybridized carbons (Fsp3) is 0.125. The number of aromatic nitrogens is 1. The van der Waals surface area contributed by atoms with Gasteiger partial charge in [0.15, 0.2) is 11.3 Å². The summed E-state index contributed by atoms with van der Waals surface area (Å²) >= 11 is 0. The molecule has 0 atom stereocenters. The van der Waals surface area contributed by atoms with Crippen LogP contribution in [-0.2, 0) is 6.42 Å². The predicted octanol–water partition coefficient (Wildman–Crippen LogP) is 0.242. The van der Waals surface area contributed by atoms with E-state index in [4.69, 9.17) is 14.3 Å². The standard InChI is InChI=1S/C16H13NO4.Na.H/c1-20-13-7-11(5-10-3-2-4-17-9-10)6-12-8-14(16(18)19)21-15(12)13;;/h2-4,6-9H,5H2,1H3,(H,18,19);;/q;+1;-1. The first-order valence-electron chi connectivity index (χ1n) is 6.40. The maximum atomic E-state index is 11.0. The second-order valence-electron chi connectivity index (χ2n) is 4.67. The Labute approximate surface area is 150 Å². The van der Waals surface area contributed by atoms with Crippen molar-refractivity contribution in [3.05, 3.63) is 59.6 Å². The zero-order chi connectivity index (χ0) is 14.8. The van der Waals surface area contributed by atoms with Crippen molar-refractivity contribution in [1.82, 2.24) is 4.98 Å². The molecule has 3 rings (SSSR count). The normalized spacial score (nSPS) is 10.2. The summed E-state index contributed by atoms with van der Waals surface area (Å²) < 4.78 is 10.6. The molecule has 0 amide bonds. The number of ether oxygens (including phenoxy) is 1. The van der Waals surface area contributed by atoms with Crippen LogP contribution in [0.15, 0.2) is 47.1 Å². The van der Waals surface area contributed by atoms with Crippen molar-refractivity contribution in [3.63, 3.8) is 0 Å². The van der Waals surface area contributed by atoms with Gasteiger partial charge in [-0.1, -0.05) is 6.07 Å². The van der Waals surface area contributed by atoms with Crippen LogP contribution in [0.2, 0.25) is 0 Å². The molecule has 1 aromatic carbocycles. The monoisotopic (exact) mass is 307 g/mol. The molecule has 2 heterocycles. The van der Waals surface area contributed by atoms with Gasteiger partial charge in [-0.05, 0) is 41.8 Å². The van der Waals surface area contributed by atoms with Crippen LogP contribution in [0.3, 0.4) is 0 Å². The Bertz CT molecular complexity index is 804. The summed E-state index contributed by atoms with van der Waals surface area (Å²) in [5.74, 6) is -0.664. The summed E-state index contributed by atoms with van der Waals surface area (Å²) in [5, 5.41) is 9.72. The molecule has 0 bridgehead atoms. The number of rotatable bonds is 4. The third kappa shape index (κ3) is 3.32. The molecule has 6 heteroatoms. The van der Waals surface area contributed by atoms with E-state index in [0.717, 1.165) is 11.1 Å². The average Bonchev–Trinajstić information content (AvgIpc) is 2.91. The van der Waals surface area contributed by atoms with Gasteiger partial charge in [0.05, 0.1) is 7.11 Å². The molecule has 0 aliphatic rings. The van der Waals surface area contributed by atoms with Crippen molar-refractivity contribution >= 4 is 16.9 Å². The van der Waals surface area contributed by atoms with Crippen LogP contribution in [0.1, 0.15) is 23.1 Å². The molecule has 0 fully saturated rings. The number of hydrogen-bond acceptors (Lipinski definition) is 4. The van der Waals surface area contributed by atoms with Gasteiger partial charge in [0.2, 0.25) is 5.76 Å².